The van der Waals surface area contributed by atoms with Crippen LogP contribution in [0.25, 0.3) is 10.6 Å². The Kier molecular flexibility index (Phi) is 6.02. The first-order valence-electron chi connectivity index (χ1n) is 9.09. The Morgan fingerprint density at radius 1 is 1.32 bits per heavy atom. The number of hydrogen-bond donors (Lipinski definition) is 1. The summed E-state index contributed by atoms with van der Waals surface area (Å²) in [6.07, 6.45) is 6.24. The summed E-state index contributed by atoms with van der Waals surface area (Å²) in [5.74, 6) is 0.263. The van der Waals surface area contributed by atoms with Crippen LogP contribution < -0.4 is 10.9 Å². The molecule has 0 aromatic carbocycles. The summed E-state index contributed by atoms with van der Waals surface area (Å²) < 4.78 is 1.48. The number of aromatic nitrogens is 2. The van der Waals surface area contributed by atoms with Crippen LogP contribution in [-0.2, 0) is 11.3 Å². The molecule has 1 atom stereocenters. The van der Waals surface area contributed by atoms with Gasteiger partial charge >= 0.3 is 0 Å². The van der Waals surface area contributed by atoms with E-state index in [1.807, 2.05) is 24.4 Å². The molecule has 1 amide bonds. The average molecular weight is 359 g/mol. The van der Waals surface area contributed by atoms with Gasteiger partial charge in [0.25, 0.3) is 5.56 Å². The van der Waals surface area contributed by atoms with Crippen LogP contribution in [0.4, 0.5) is 0 Å². The topological polar surface area (TPSA) is 64.0 Å². The number of nitrogens with one attached hydrogen (secondary N) is 1. The number of carbonyl (C=O) groups is 1. The normalized spacial score (nSPS) is 16.5. The zero-order chi connectivity index (χ0) is 17.6. The molecule has 3 rings (SSSR count). The molecule has 0 bridgehead atoms. The molecule has 1 fully saturated rings. The van der Waals surface area contributed by atoms with E-state index in [2.05, 4.69) is 10.4 Å². The summed E-state index contributed by atoms with van der Waals surface area (Å²) in [7, 11) is 0. The summed E-state index contributed by atoms with van der Waals surface area (Å²) in [6, 6.07) is 7.20. The third kappa shape index (κ3) is 4.57. The Balaban J connectivity index is 1.69. The fourth-order valence-corrected chi connectivity index (χ4v) is 4.00. The molecule has 2 aromatic rings. The van der Waals surface area contributed by atoms with Gasteiger partial charge in [-0.1, -0.05) is 32.3 Å². The molecule has 1 saturated carbocycles. The number of amides is 1. The minimum absolute atomic E-state index is 0.0711. The van der Waals surface area contributed by atoms with E-state index in [0.29, 0.717) is 6.54 Å². The molecular formula is C19H25N3O2S. The molecule has 1 aliphatic rings. The lowest BCUT2D eigenvalue weighted by molar-refractivity contribution is -0.126. The highest BCUT2D eigenvalue weighted by Gasteiger charge is 2.23. The summed E-state index contributed by atoms with van der Waals surface area (Å²) in [5.41, 5.74) is 0.661. The second-order valence-corrected chi connectivity index (χ2v) is 7.61. The van der Waals surface area contributed by atoms with Crippen molar-refractivity contribution >= 4 is 17.2 Å². The van der Waals surface area contributed by atoms with Crippen molar-refractivity contribution in [2.24, 2.45) is 5.92 Å². The van der Waals surface area contributed by atoms with Crippen LogP contribution >= 0.6 is 11.3 Å². The summed E-state index contributed by atoms with van der Waals surface area (Å²) >= 11 is 1.60. The van der Waals surface area contributed by atoms with Crippen molar-refractivity contribution in [1.29, 1.82) is 0 Å². The van der Waals surface area contributed by atoms with Crippen molar-refractivity contribution < 1.29 is 4.79 Å². The van der Waals surface area contributed by atoms with Crippen molar-refractivity contribution in [2.75, 3.05) is 0 Å². The molecular weight excluding hydrogens is 334 g/mol. The third-order valence-electron chi connectivity index (χ3n) is 4.85. The molecule has 0 radical (unpaired) electrons. The van der Waals surface area contributed by atoms with E-state index >= 15 is 0 Å². The molecule has 134 valence electrons. The van der Waals surface area contributed by atoms with Gasteiger partial charge in [0, 0.05) is 18.0 Å². The van der Waals surface area contributed by atoms with Gasteiger partial charge in [0.05, 0.1) is 11.4 Å². The Morgan fingerprint density at radius 2 is 2.12 bits per heavy atom. The van der Waals surface area contributed by atoms with Gasteiger partial charge in [-0.15, -0.1) is 11.3 Å². The summed E-state index contributed by atoms with van der Waals surface area (Å²) in [6.45, 7) is 2.44. The fraction of sp³-hybridized carbons (Fsp3) is 0.526. The number of hydrogen-bond acceptors (Lipinski definition) is 4. The molecule has 0 spiro atoms. The molecule has 1 N–H and O–H groups in total. The van der Waals surface area contributed by atoms with Crippen LogP contribution in [0.2, 0.25) is 0 Å². The second kappa shape index (κ2) is 8.43. The fourth-order valence-electron chi connectivity index (χ4n) is 3.30. The highest BCUT2D eigenvalue weighted by molar-refractivity contribution is 7.13. The van der Waals surface area contributed by atoms with E-state index in [9.17, 15) is 9.59 Å². The quantitative estimate of drug-likeness (QED) is 0.859. The van der Waals surface area contributed by atoms with Gasteiger partial charge in [0.2, 0.25) is 5.91 Å². The zero-order valence-corrected chi connectivity index (χ0v) is 15.4. The van der Waals surface area contributed by atoms with Gasteiger partial charge in [0.15, 0.2) is 0 Å². The standard InChI is InChI=1S/C19H25N3O2S/c1-2-15(20-19(24)14-7-4-3-5-8-14)13-22-18(23)11-10-16(21-22)17-9-6-12-25-17/h6,9-12,14-15H,2-5,7-8,13H2,1H3,(H,20,24)/t15-/m0/s1. The van der Waals surface area contributed by atoms with Gasteiger partial charge in [-0.05, 0) is 36.8 Å². The third-order valence-corrected chi connectivity index (χ3v) is 5.74. The minimum Gasteiger partial charge on any atom is -0.351 e. The summed E-state index contributed by atoms with van der Waals surface area (Å²) in [4.78, 5) is 25.7. The van der Waals surface area contributed by atoms with E-state index in [1.54, 1.807) is 23.5 Å². The highest BCUT2D eigenvalue weighted by atomic mass is 32.1. The van der Waals surface area contributed by atoms with E-state index in [0.717, 1.165) is 42.7 Å². The van der Waals surface area contributed by atoms with Crippen molar-refractivity contribution in [2.45, 2.75) is 58.0 Å². The summed E-state index contributed by atoms with van der Waals surface area (Å²) in [5, 5.41) is 9.61. The molecule has 0 aliphatic heterocycles. The van der Waals surface area contributed by atoms with Crippen LogP contribution in [-0.4, -0.2) is 21.7 Å². The highest BCUT2D eigenvalue weighted by Crippen LogP contribution is 2.24. The van der Waals surface area contributed by atoms with Crippen LogP contribution in [0, 0.1) is 5.92 Å². The first kappa shape index (κ1) is 17.9. The van der Waals surface area contributed by atoms with Crippen LogP contribution in [0.1, 0.15) is 45.4 Å². The molecule has 5 nitrogen and oxygen atoms in total. The van der Waals surface area contributed by atoms with E-state index in [-0.39, 0.29) is 23.4 Å². The predicted octanol–water partition coefficient (Wildman–Crippen LogP) is 3.45. The lowest BCUT2D eigenvalue weighted by atomic mass is 9.88. The Labute approximate surface area is 152 Å². The van der Waals surface area contributed by atoms with Gasteiger partial charge in [-0.25, -0.2) is 4.68 Å². The average Bonchev–Trinajstić information content (AvgIpc) is 3.18. The lowest BCUT2D eigenvalue weighted by Gasteiger charge is -2.24. The second-order valence-electron chi connectivity index (χ2n) is 6.66. The van der Waals surface area contributed by atoms with E-state index in [4.69, 9.17) is 0 Å². The molecule has 0 unspecified atom stereocenters. The maximum absolute atomic E-state index is 12.5. The minimum atomic E-state index is -0.134. The maximum Gasteiger partial charge on any atom is 0.266 e. The molecule has 2 aromatic heterocycles. The molecule has 2 heterocycles. The van der Waals surface area contributed by atoms with Gasteiger partial charge in [-0.2, -0.15) is 5.10 Å². The molecule has 1 aliphatic carbocycles. The zero-order valence-electron chi connectivity index (χ0n) is 14.6. The van der Waals surface area contributed by atoms with Crippen molar-refractivity contribution in [3.05, 3.63) is 40.0 Å². The first-order chi connectivity index (χ1) is 12.2. The van der Waals surface area contributed by atoms with Crippen molar-refractivity contribution in [3.8, 4) is 10.6 Å². The monoisotopic (exact) mass is 359 g/mol. The number of nitrogens with zero attached hydrogens (tertiary/aromatic N) is 2. The van der Waals surface area contributed by atoms with E-state index < -0.39 is 0 Å². The lowest BCUT2D eigenvalue weighted by Crippen LogP contribution is -2.43. The number of carbonyl (C=O) groups excluding carboxylic acids is 1. The van der Waals surface area contributed by atoms with Crippen molar-refractivity contribution in [1.82, 2.24) is 15.1 Å². The van der Waals surface area contributed by atoms with Gasteiger partial charge in [0.1, 0.15) is 5.69 Å². The Bertz CT molecular complexity index is 748. The predicted molar refractivity (Wildman–Crippen MR) is 101 cm³/mol. The Morgan fingerprint density at radius 3 is 2.80 bits per heavy atom. The van der Waals surface area contributed by atoms with Gasteiger partial charge in [-0.3, -0.25) is 9.59 Å². The van der Waals surface area contributed by atoms with Crippen LogP contribution in [0.15, 0.2) is 34.4 Å². The maximum atomic E-state index is 12.5. The molecule has 6 heteroatoms. The molecule has 25 heavy (non-hydrogen) atoms. The largest absolute Gasteiger partial charge is 0.351 e. The smallest absolute Gasteiger partial charge is 0.266 e. The Hall–Kier alpha value is -1.95. The number of rotatable bonds is 6. The number of thiophene rings is 1. The van der Waals surface area contributed by atoms with E-state index in [1.165, 1.54) is 11.1 Å². The van der Waals surface area contributed by atoms with Crippen LogP contribution in [0.5, 0.6) is 0 Å². The SMILES string of the molecule is CC[C@@H](Cn1nc(-c2cccs2)ccc1=O)NC(=O)C1CCCCC1. The van der Waals surface area contributed by atoms with Crippen molar-refractivity contribution in [3.63, 3.8) is 0 Å². The van der Waals surface area contributed by atoms with Gasteiger partial charge < -0.3 is 5.32 Å². The van der Waals surface area contributed by atoms with Crippen LogP contribution in [0.3, 0.4) is 0 Å². The first-order valence-corrected chi connectivity index (χ1v) is 9.97. The molecule has 0 saturated heterocycles.